The molecule has 0 fully saturated rings. The molecule has 90 valence electrons. The van der Waals surface area contributed by atoms with E-state index in [1.54, 1.807) is 12.1 Å². The van der Waals surface area contributed by atoms with Gasteiger partial charge in [0, 0.05) is 11.6 Å². The predicted molar refractivity (Wildman–Crippen MR) is 71.4 cm³/mol. The monoisotopic (exact) mass is 288 g/mol. The molecule has 0 aliphatic carbocycles. The third-order valence-corrected chi connectivity index (χ3v) is 3.75. The summed E-state index contributed by atoms with van der Waals surface area (Å²) in [6.45, 7) is 0. The molecule has 0 aliphatic heterocycles. The average Bonchev–Trinajstić information content (AvgIpc) is 2.84. The molecule has 1 heterocycles. The smallest absolute Gasteiger partial charge is 0.138 e. The fourth-order valence-corrected chi connectivity index (χ4v) is 2.71. The van der Waals surface area contributed by atoms with Crippen LogP contribution >= 0.6 is 34.5 Å². The van der Waals surface area contributed by atoms with Gasteiger partial charge in [0.05, 0.1) is 17.2 Å². The summed E-state index contributed by atoms with van der Waals surface area (Å²) in [6.07, 6.45) is -0.767. The first-order valence-corrected chi connectivity index (χ1v) is 6.56. The van der Waals surface area contributed by atoms with Gasteiger partial charge < -0.3 is 9.84 Å². The maximum absolute atomic E-state index is 10.2. The highest BCUT2D eigenvalue weighted by Crippen LogP contribution is 2.36. The Hall–Kier alpha value is -0.740. The van der Waals surface area contributed by atoms with Crippen LogP contribution < -0.4 is 4.74 Å². The van der Waals surface area contributed by atoms with Gasteiger partial charge in [-0.2, -0.15) is 11.3 Å². The topological polar surface area (TPSA) is 29.5 Å². The van der Waals surface area contributed by atoms with E-state index in [0.29, 0.717) is 21.4 Å². The quantitative estimate of drug-likeness (QED) is 0.920. The second-order valence-electron chi connectivity index (χ2n) is 3.47. The van der Waals surface area contributed by atoms with Crippen LogP contribution in [0.2, 0.25) is 10.0 Å². The van der Waals surface area contributed by atoms with Gasteiger partial charge in [-0.3, -0.25) is 0 Å². The van der Waals surface area contributed by atoms with Crippen molar-refractivity contribution >= 4 is 34.5 Å². The van der Waals surface area contributed by atoms with Gasteiger partial charge in [-0.15, -0.1) is 0 Å². The van der Waals surface area contributed by atoms with Gasteiger partial charge in [0.2, 0.25) is 0 Å². The molecule has 0 amide bonds. The number of halogens is 2. The number of rotatable bonds is 3. The van der Waals surface area contributed by atoms with E-state index >= 15 is 0 Å². The molecule has 0 bridgehead atoms. The lowest BCUT2D eigenvalue weighted by Gasteiger charge is -2.13. The Morgan fingerprint density at radius 2 is 2.06 bits per heavy atom. The molecule has 2 rings (SSSR count). The number of aliphatic hydroxyl groups is 1. The molecule has 2 nitrogen and oxygen atoms in total. The van der Waals surface area contributed by atoms with Crippen molar-refractivity contribution < 1.29 is 9.84 Å². The van der Waals surface area contributed by atoms with Crippen molar-refractivity contribution in [2.24, 2.45) is 0 Å². The molecule has 2 aromatic rings. The van der Waals surface area contributed by atoms with Crippen molar-refractivity contribution in [3.05, 3.63) is 50.1 Å². The largest absolute Gasteiger partial charge is 0.495 e. The summed E-state index contributed by atoms with van der Waals surface area (Å²) in [5.41, 5.74) is 1.38. The number of thiophene rings is 1. The molecule has 0 saturated carbocycles. The first-order chi connectivity index (χ1) is 8.13. The third kappa shape index (κ3) is 2.58. The lowest BCUT2D eigenvalue weighted by molar-refractivity contribution is 0.221. The fraction of sp³-hybridized carbons (Fsp3) is 0.167. The second kappa shape index (κ2) is 5.27. The van der Waals surface area contributed by atoms with Gasteiger partial charge in [0.25, 0.3) is 0 Å². The van der Waals surface area contributed by atoms with Gasteiger partial charge >= 0.3 is 0 Å². The highest BCUT2D eigenvalue weighted by molar-refractivity contribution is 7.08. The number of benzene rings is 1. The summed E-state index contributed by atoms with van der Waals surface area (Å²) < 4.78 is 5.06. The van der Waals surface area contributed by atoms with Crippen LogP contribution in [0.25, 0.3) is 0 Å². The Balaban J connectivity index is 2.42. The zero-order chi connectivity index (χ0) is 12.4. The summed E-state index contributed by atoms with van der Waals surface area (Å²) in [5, 5.41) is 14.8. The summed E-state index contributed by atoms with van der Waals surface area (Å²) in [4.78, 5) is 0. The molecule has 0 saturated heterocycles. The van der Waals surface area contributed by atoms with Crippen LogP contribution in [-0.4, -0.2) is 12.2 Å². The molecule has 1 N–H and O–H groups in total. The minimum Gasteiger partial charge on any atom is -0.495 e. The standard InChI is InChI=1S/C12H10Cl2O2S/c1-16-11-5-9(13)8(4-10(11)14)12(15)7-2-3-17-6-7/h2-6,12,15H,1H3. The average molecular weight is 289 g/mol. The zero-order valence-electron chi connectivity index (χ0n) is 8.98. The molecule has 1 aromatic carbocycles. The molecule has 0 radical (unpaired) electrons. The number of hydrogen-bond donors (Lipinski definition) is 1. The van der Waals surface area contributed by atoms with E-state index in [4.69, 9.17) is 27.9 Å². The fourth-order valence-electron chi connectivity index (χ4n) is 1.52. The minimum absolute atomic E-state index is 0.432. The van der Waals surface area contributed by atoms with E-state index in [0.717, 1.165) is 5.56 Å². The Kier molecular flexibility index (Phi) is 3.94. The van der Waals surface area contributed by atoms with E-state index < -0.39 is 6.10 Å². The van der Waals surface area contributed by atoms with Gasteiger partial charge in [-0.25, -0.2) is 0 Å². The van der Waals surface area contributed by atoms with E-state index in [2.05, 4.69) is 0 Å². The maximum atomic E-state index is 10.2. The van der Waals surface area contributed by atoms with Gasteiger partial charge in [0.15, 0.2) is 0 Å². The molecular weight excluding hydrogens is 279 g/mol. The number of aliphatic hydroxyl groups excluding tert-OH is 1. The van der Waals surface area contributed by atoms with Crippen LogP contribution in [0, 0.1) is 0 Å². The molecular formula is C12H10Cl2O2S. The summed E-state index contributed by atoms with van der Waals surface area (Å²) >= 11 is 13.6. The Morgan fingerprint density at radius 1 is 1.29 bits per heavy atom. The number of ether oxygens (including phenoxy) is 1. The van der Waals surface area contributed by atoms with Crippen molar-refractivity contribution in [3.63, 3.8) is 0 Å². The van der Waals surface area contributed by atoms with Crippen LogP contribution in [0.5, 0.6) is 5.75 Å². The Morgan fingerprint density at radius 3 is 2.65 bits per heavy atom. The lowest BCUT2D eigenvalue weighted by atomic mass is 10.0. The van der Waals surface area contributed by atoms with E-state index in [9.17, 15) is 5.11 Å². The second-order valence-corrected chi connectivity index (χ2v) is 5.06. The van der Waals surface area contributed by atoms with Gasteiger partial charge in [-0.1, -0.05) is 23.2 Å². The van der Waals surface area contributed by atoms with Crippen molar-refractivity contribution in [2.75, 3.05) is 7.11 Å². The van der Waals surface area contributed by atoms with Crippen molar-refractivity contribution in [1.29, 1.82) is 0 Å². The summed E-state index contributed by atoms with van der Waals surface area (Å²) in [5.74, 6) is 0.498. The van der Waals surface area contributed by atoms with E-state index in [1.807, 2.05) is 16.8 Å². The highest BCUT2D eigenvalue weighted by atomic mass is 35.5. The zero-order valence-corrected chi connectivity index (χ0v) is 11.3. The van der Waals surface area contributed by atoms with Crippen molar-refractivity contribution in [1.82, 2.24) is 0 Å². The predicted octanol–water partition coefficient (Wildman–Crippen LogP) is 4.15. The Labute approximate surface area is 113 Å². The normalized spacial score (nSPS) is 12.5. The van der Waals surface area contributed by atoms with Crippen LogP contribution in [0.4, 0.5) is 0 Å². The number of hydrogen-bond acceptors (Lipinski definition) is 3. The summed E-state index contributed by atoms with van der Waals surface area (Å²) in [7, 11) is 1.52. The van der Waals surface area contributed by atoms with Crippen molar-refractivity contribution in [2.45, 2.75) is 6.10 Å². The number of methoxy groups -OCH3 is 1. The minimum atomic E-state index is -0.767. The molecule has 17 heavy (non-hydrogen) atoms. The van der Waals surface area contributed by atoms with Crippen LogP contribution in [0.3, 0.4) is 0 Å². The Bertz CT molecular complexity index is 511. The van der Waals surface area contributed by atoms with E-state index in [1.165, 1.54) is 18.4 Å². The molecule has 1 atom stereocenters. The van der Waals surface area contributed by atoms with Crippen LogP contribution in [0.15, 0.2) is 29.0 Å². The first-order valence-electron chi connectivity index (χ1n) is 4.86. The summed E-state index contributed by atoms with van der Waals surface area (Å²) in [6, 6.07) is 5.09. The molecule has 1 unspecified atom stereocenters. The van der Waals surface area contributed by atoms with Gasteiger partial charge in [0.1, 0.15) is 11.9 Å². The van der Waals surface area contributed by atoms with Crippen LogP contribution in [-0.2, 0) is 0 Å². The van der Waals surface area contributed by atoms with Gasteiger partial charge in [-0.05, 0) is 28.5 Å². The molecule has 0 spiro atoms. The molecule has 5 heteroatoms. The lowest BCUT2D eigenvalue weighted by Crippen LogP contribution is -1.99. The first kappa shape index (κ1) is 12.7. The maximum Gasteiger partial charge on any atom is 0.138 e. The van der Waals surface area contributed by atoms with Crippen molar-refractivity contribution in [3.8, 4) is 5.75 Å². The highest BCUT2D eigenvalue weighted by Gasteiger charge is 2.17. The third-order valence-electron chi connectivity index (χ3n) is 2.42. The molecule has 0 aliphatic rings. The molecule has 1 aromatic heterocycles. The SMILES string of the molecule is COc1cc(Cl)c(C(O)c2ccsc2)cc1Cl. The van der Waals surface area contributed by atoms with E-state index in [-0.39, 0.29) is 0 Å². The van der Waals surface area contributed by atoms with Crippen LogP contribution in [0.1, 0.15) is 17.2 Å².